The van der Waals surface area contributed by atoms with Gasteiger partial charge >= 0.3 is 0 Å². The van der Waals surface area contributed by atoms with Crippen LogP contribution in [0.25, 0.3) is 0 Å². The van der Waals surface area contributed by atoms with Crippen molar-refractivity contribution in [3.05, 3.63) is 70.8 Å². The SMILES string of the molecule is Cl.Cl.O=C(CCCC1CCNCC1)c1ccc2c(c1)CCN(Cc1ccccc1)CC2. The number of benzene rings is 2. The van der Waals surface area contributed by atoms with Gasteiger partial charge in [-0.25, -0.2) is 0 Å². The van der Waals surface area contributed by atoms with Crippen molar-refractivity contribution in [1.29, 1.82) is 0 Å². The standard InChI is InChI=1S/C26H34N2O.2ClH/c29-26(8-4-7-21-11-15-27-16-12-21)25-10-9-23-13-17-28(18-14-24(23)19-25)20-22-5-2-1-3-6-22;;/h1-3,5-6,9-10,19,21,27H,4,7-8,11-18,20H2;2*1H. The Morgan fingerprint density at radius 2 is 1.65 bits per heavy atom. The molecule has 0 radical (unpaired) electrons. The summed E-state index contributed by atoms with van der Waals surface area (Å²) in [5.74, 6) is 1.14. The molecule has 0 amide bonds. The van der Waals surface area contributed by atoms with E-state index < -0.39 is 0 Å². The Morgan fingerprint density at radius 1 is 0.935 bits per heavy atom. The van der Waals surface area contributed by atoms with Crippen LogP contribution in [0.2, 0.25) is 0 Å². The number of Topliss-reactive ketones (excluding diaryl/α,β-unsaturated/α-hetero) is 1. The van der Waals surface area contributed by atoms with E-state index in [9.17, 15) is 4.79 Å². The number of halogens is 2. The van der Waals surface area contributed by atoms with Crippen molar-refractivity contribution in [3.63, 3.8) is 0 Å². The van der Waals surface area contributed by atoms with Crippen molar-refractivity contribution in [2.75, 3.05) is 26.2 Å². The summed E-state index contributed by atoms with van der Waals surface area (Å²) in [4.78, 5) is 15.3. The predicted molar refractivity (Wildman–Crippen MR) is 134 cm³/mol. The van der Waals surface area contributed by atoms with Crippen LogP contribution in [0.15, 0.2) is 48.5 Å². The third kappa shape index (κ3) is 7.61. The minimum absolute atomic E-state index is 0. The van der Waals surface area contributed by atoms with E-state index in [1.54, 1.807) is 0 Å². The normalized spacial score (nSPS) is 17.0. The number of carbonyl (C=O) groups excluding carboxylic acids is 1. The highest BCUT2D eigenvalue weighted by molar-refractivity contribution is 5.96. The Morgan fingerprint density at radius 3 is 2.39 bits per heavy atom. The van der Waals surface area contributed by atoms with E-state index >= 15 is 0 Å². The molecule has 2 aliphatic heterocycles. The number of nitrogens with zero attached hydrogens (tertiary/aromatic N) is 1. The van der Waals surface area contributed by atoms with Crippen molar-refractivity contribution in [3.8, 4) is 0 Å². The van der Waals surface area contributed by atoms with E-state index in [0.717, 1.165) is 63.5 Å². The maximum atomic E-state index is 12.7. The zero-order chi connectivity index (χ0) is 19.9. The molecule has 0 aliphatic carbocycles. The Bertz CT molecular complexity index is 806. The fourth-order valence-corrected chi connectivity index (χ4v) is 4.81. The fraction of sp³-hybridized carbons (Fsp3) is 0.500. The second-order valence-corrected chi connectivity index (χ2v) is 8.75. The molecular formula is C26H36Cl2N2O. The van der Waals surface area contributed by atoms with Gasteiger partial charge in [0.1, 0.15) is 0 Å². The summed E-state index contributed by atoms with van der Waals surface area (Å²) in [5, 5.41) is 3.42. The van der Waals surface area contributed by atoms with Gasteiger partial charge in [0.15, 0.2) is 5.78 Å². The highest BCUT2D eigenvalue weighted by Crippen LogP contribution is 2.22. The first kappa shape index (κ1) is 25.9. The molecule has 4 rings (SSSR count). The summed E-state index contributed by atoms with van der Waals surface area (Å²) in [7, 11) is 0. The van der Waals surface area contributed by atoms with Gasteiger partial charge in [0.05, 0.1) is 0 Å². The fourth-order valence-electron chi connectivity index (χ4n) is 4.81. The van der Waals surface area contributed by atoms with E-state index in [4.69, 9.17) is 0 Å². The molecule has 0 atom stereocenters. The monoisotopic (exact) mass is 462 g/mol. The van der Waals surface area contributed by atoms with Crippen molar-refractivity contribution in [1.82, 2.24) is 10.2 Å². The Kier molecular flexibility index (Phi) is 11.0. The van der Waals surface area contributed by atoms with Gasteiger partial charge in [-0.3, -0.25) is 9.69 Å². The minimum atomic E-state index is 0. The minimum Gasteiger partial charge on any atom is -0.317 e. The molecular weight excluding hydrogens is 427 g/mol. The van der Waals surface area contributed by atoms with Gasteiger partial charge in [-0.2, -0.15) is 0 Å². The molecule has 0 bridgehead atoms. The van der Waals surface area contributed by atoms with E-state index in [0.29, 0.717) is 12.2 Å². The largest absolute Gasteiger partial charge is 0.317 e. The Labute approximate surface area is 199 Å². The maximum Gasteiger partial charge on any atom is 0.162 e. The molecule has 31 heavy (non-hydrogen) atoms. The van der Waals surface area contributed by atoms with Crippen molar-refractivity contribution < 1.29 is 4.79 Å². The molecule has 5 heteroatoms. The van der Waals surface area contributed by atoms with E-state index in [1.807, 2.05) is 0 Å². The molecule has 1 N–H and O–H groups in total. The van der Waals surface area contributed by atoms with Crippen LogP contribution in [0.4, 0.5) is 0 Å². The lowest BCUT2D eigenvalue weighted by Gasteiger charge is -2.22. The third-order valence-corrected chi connectivity index (χ3v) is 6.65. The average Bonchev–Trinajstić information content (AvgIpc) is 2.97. The molecule has 170 valence electrons. The number of hydrogen-bond acceptors (Lipinski definition) is 3. The van der Waals surface area contributed by atoms with E-state index in [-0.39, 0.29) is 24.8 Å². The highest BCUT2D eigenvalue weighted by Gasteiger charge is 2.17. The van der Waals surface area contributed by atoms with Crippen molar-refractivity contribution >= 4 is 30.6 Å². The van der Waals surface area contributed by atoms with Gasteiger partial charge in [-0.1, -0.05) is 42.5 Å². The molecule has 2 aliphatic rings. The van der Waals surface area contributed by atoms with Gasteiger partial charge in [-0.15, -0.1) is 24.8 Å². The van der Waals surface area contributed by atoms with Gasteiger partial charge in [0.25, 0.3) is 0 Å². The van der Waals surface area contributed by atoms with Crippen LogP contribution in [-0.2, 0) is 19.4 Å². The maximum absolute atomic E-state index is 12.7. The van der Waals surface area contributed by atoms with Crippen LogP contribution in [0.3, 0.4) is 0 Å². The van der Waals surface area contributed by atoms with E-state index in [2.05, 4.69) is 58.7 Å². The number of ketones is 1. The molecule has 0 aromatic heterocycles. The van der Waals surface area contributed by atoms with Gasteiger partial charge in [0.2, 0.25) is 0 Å². The molecule has 1 fully saturated rings. The Balaban J connectivity index is 0.00000171. The van der Waals surface area contributed by atoms with Crippen molar-refractivity contribution in [2.24, 2.45) is 5.92 Å². The quantitative estimate of drug-likeness (QED) is 0.552. The molecule has 0 saturated carbocycles. The van der Waals surface area contributed by atoms with Crippen LogP contribution in [0.1, 0.15) is 59.2 Å². The topological polar surface area (TPSA) is 32.3 Å². The highest BCUT2D eigenvalue weighted by atomic mass is 35.5. The number of hydrogen-bond donors (Lipinski definition) is 1. The second kappa shape index (κ2) is 13.2. The average molecular weight is 463 g/mol. The zero-order valence-electron chi connectivity index (χ0n) is 18.4. The third-order valence-electron chi connectivity index (χ3n) is 6.65. The number of nitrogens with one attached hydrogen (secondary N) is 1. The van der Waals surface area contributed by atoms with Crippen LogP contribution >= 0.6 is 24.8 Å². The van der Waals surface area contributed by atoms with Gasteiger partial charge in [-0.05, 0) is 80.3 Å². The number of fused-ring (bicyclic) bond motifs is 1. The van der Waals surface area contributed by atoms with Crippen LogP contribution in [0.5, 0.6) is 0 Å². The van der Waals surface area contributed by atoms with Crippen LogP contribution < -0.4 is 5.32 Å². The molecule has 0 unspecified atom stereocenters. The summed E-state index contributed by atoms with van der Waals surface area (Å²) >= 11 is 0. The van der Waals surface area contributed by atoms with Crippen LogP contribution in [-0.4, -0.2) is 36.9 Å². The smallest absolute Gasteiger partial charge is 0.162 e. The lowest BCUT2D eigenvalue weighted by molar-refractivity contribution is 0.0977. The number of carbonyl (C=O) groups is 1. The first-order valence-corrected chi connectivity index (χ1v) is 11.4. The molecule has 2 aromatic rings. The Hall–Kier alpha value is -1.39. The van der Waals surface area contributed by atoms with Crippen molar-refractivity contribution in [2.45, 2.75) is 51.5 Å². The summed E-state index contributed by atoms with van der Waals surface area (Å²) in [6.45, 7) is 5.45. The number of rotatable bonds is 7. The molecule has 0 spiro atoms. The zero-order valence-corrected chi connectivity index (χ0v) is 20.0. The van der Waals surface area contributed by atoms with Gasteiger partial charge in [0, 0.05) is 31.6 Å². The number of piperidine rings is 1. The first-order chi connectivity index (χ1) is 14.3. The molecule has 3 nitrogen and oxygen atoms in total. The van der Waals surface area contributed by atoms with Crippen LogP contribution in [0, 0.1) is 5.92 Å². The molecule has 1 saturated heterocycles. The molecule has 2 aromatic carbocycles. The molecule has 2 heterocycles. The lowest BCUT2D eigenvalue weighted by atomic mass is 9.91. The summed E-state index contributed by atoms with van der Waals surface area (Å²) in [6.07, 6.45) is 7.59. The van der Waals surface area contributed by atoms with E-state index in [1.165, 1.54) is 36.0 Å². The second-order valence-electron chi connectivity index (χ2n) is 8.75. The predicted octanol–water partition coefficient (Wildman–Crippen LogP) is 5.48. The van der Waals surface area contributed by atoms with Gasteiger partial charge < -0.3 is 5.32 Å². The first-order valence-electron chi connectivity index (χ1n) is 11.4. The lowest BCUT2D eigenvalue weighted by Crippen LogP contribution is -2.27. The summed E-state index contributed by atoms with van der Waals surface area (Å²) in [5.41, 5.74) is 5.10. The summed E-state index contributed by atoms with van der Waals surface area (Å²) in [6, 6.07) is 17.2. The summed E-state index contributed by atoms with van der Waals surface area (Å²) < 4.78 is 0.